The van der Waals surface area contributed by atoms with E-state index >= 15 is 0 Å². The van der Waals surface area contributed by atoms with Crippen LogP contribution in [0.4, 0.5) is 0 Å². The van der Waals surface area contributed by atoms with E-state index in [1.807, 2.05) is 11.6 Å². The van der Waals surface area contributed by atoms with Crippen molar-refractivity contribution in [3.8, 4) is 0 Å². The molecule has 2 rings (SSSR count). The Morgan fingerprint density at radius 2 is 2.46 bits per heavy atom. The molecule has 0 saturated carbocycles. The van der Waals surface area contributed by atoms with Gasteiger partial charge in [-0.3, -0.25) is 4.68 Å². The molecule has 0 bridgehead atoms. The Labute approximate surface area is 76.8 Å². The molecule has 0 radical (unpaired) electrons. The summed E-state index contributed by atoms with van der Waals surface area (Å²) in [5, 5.41) is 17.0. The Balaban J connectivity index is 2.08. The molecular weight excluding hydrogens is 168 g/mol. The summed E-state index contributed by atoms with van der Waals surface area (Å²) in [7, 11) is 0. The minimum absolute atomic E-state index is 0.591. The quantitative estimate of drug-likeness (QED) is 0.641. The van der Waals surface area contributed by atoms with Crippen LogP contribution in [0, 0.1) is 0 Å². The van der Waals surface area contributed by atoms with Gasteiger partial charge in [0.25, 0.3) is 0 Å². The van der Waals surface area contributed by atoms with Crippen LogP contribution in [0.25, 0.3) is 0 Å². The number of β-amino-alcohol motifs (C(OH)–C–C–N with tert-alkyl or cyclic N) is 1. The Morgan fingerprint density at radius 1 is 1.69 bits per heavy atom. The van der Waals surface area contributed by atoms with E-state index in [-0.39, 0.29) is 0 Å². The third kappa shape index (κ3) is 1.57. The van der Waals surface area contributed by atoms with Crippen LogP contribution in [0.2, 0.25) is 0 Å². The van der Waals surface area contributed by atoms with Crippen molar-refractivity contribution in [2.45, 2.75) is 25.5 Å². The van der Waals surface area contributed by atoms with E-state index in [1.165, 1.54) is 6.33 Å². The first-order chi connectivity index (χ1) is 6.23. The molecule has 72 valence electrons. The Morgan fingerprint density at radius 3 is 3.00 bits per heavy atom. The minimum atomic E-state index is -0.597. The third-order valence-electron chi connectivity index (χ3n) is 2.39. The van der Waals surface area contributed by atoms with Crippen molar-refractivity contribution in [2.75, 3.05) is 13.1 Å². The largest absolute Gasteiger partial charge is 0.387 e. The summed E-state index contributed by atoms with van der Waals surface area (Å²) in [6, 6.07) is 0. The standard InChI is InChI=1S/C8H14N4O/c1-2-12-7(10-6-11-12)3-8(13)4-9-5-8/h6,9,13H,2-5H2,1H3. The van der Waals surface area contributed by atoms with Crippen molar-refractivity contribution in [1.82, 2.24) is 20.1 Å². The molecule has 0 unspecified atom stereocenters. The minimum Gasteiger partial charge on any atom is -0.387 e. The van der Waals surface area contributed by atoms with E-state index < -0.39 is 5.60 Å². The predicted octanol–water partition coefficient (Wildman–Crippen LogP) is -0.825. The SMILES string of the molecule is CCn1ncnc1CC1(O)CNC1. The Bertz CT molecular complexity index is 292. The molecule has 13 heavy (non-hydrogen) atoms. The van der Waals surface area contributed by atoms with Crippen LogP contribution in [0.15, 0.2) is 6.33 Å². The lowest BCUT2D eigenvalue weighted by atomic mass is 9.93. The molecule has 2 N–H and O–H groups in total. The molecule has 5 heteroatoms. The highest BCUT2D eigenvalue weighted by Crippen LogP contribution is 2.15. The number of hydrogen-bond donors (Lipinski definition) is 2. The van der Waals surface area contributed by atoms with Crippen LogP contribution in [0.5, 0.6) is 0 Å². The first kappa shape index (κ1) is 8.65. The molecule has 1 aromatic rings. The maximum atomic E-state index is 9.86. The first-order valence-corrected chi connectivity index (χ1v) is 4.53. The Kier molecular flexibility index (Phi) is 2.05. The molecule has 1 aliphatic heterocycles. The molecule has 0 aliphatic carbocycles. The average Bonchev–Trinajstić information content (AvgIpc) is 2.49. The van der Waals surface area contributed by atoms with Gasteiger partial charge < -0.3 is 10.4 Å². The van der Waals surface area contributed by atoms with E-state index in [0.29, 0.717) is 19.5 Å². The van der Waals surface area contributed by atoms with Gasteiger partial charge >= 0.3 is 0 Å². The number of nitrogens with zero attached hydrogens (tertiary/aromatic N) is 3. The fourth-order valence-electron chi connectivity index (χ4n) is 1.52. The number of rotatable bonds is 3. The zero-order valence-electron chi connectivity index (χ0n) is 7.69. The van der Waals surface area contributed by atoms with Crippen molar-refractivity contribution in [1.29, 1.82) is 0 Å². The van der Waals surface area contributed by atoms with Crippen LogP contribution in [0.1, 0.15) is 12.7 Å². The summed E-state index contributed by atoms with van der Waals surface area (Å²) >= 11 is 0. The van der Waals surface area contributed by atoms with Gasteiger partial charge in [-0.15, -0.1) is 0 Å². The van der Waals surface area contributed by atoms with Gasteiger partial charge in [0.15, 0.2) is 0 Å². The summed E-state index contributed by atoms with van der Waals surface area (Å²) in [6.45, 7) is 4.13. The number of aliphatic hydroxyl groups is 1. The molecule has 5 nitrogen and oxygen atoms in total. The lowest BCUT2D eigenvalue weighted by Crippen LogP contribution is -2.60. The maximum absolute atomic E-state index is 9.86. The van der Waals surface area contributed by atoms with Gasteiger partial charge in [0.2, 0.25) is 0 Å². The summed E-state index contributed by atoms with van der Waals surface area (Å²) in [5.74, 6) is 0.867. The molecule has 1 aromatic heterocycles. The smallest absolute Gasteiger partial charge is 0.138 e. The number of hydrogen-bond acceptors (Lipinski definition) is 4. The molecule has 0 amide bonds. The van der Waals surface area contributed by atoms with Gasteiger partial charge in [-0.1, -0.05) is 0 Å². The van der Waals surface area contributed by atoms with Gasteiger partial charge in [0.05, 0.1) is 5.60 Å². The predicted molar refractivity (Wildman–Crippen MR) is 47.2 cm³/mol. The topological polar surface area (TPSA) is 63.0 Å². The highest BCUT2D eigenvalue weighted by Gasteiger charge is 2.35. The van der Waals surface area contributed by atoms with Gasteiger partial charge in [-0.25, -0.2) is 4.98 Å². The fourth-order valence-corrected chi connectivity index (χ4v) is 1.52. The lowest BCUT2D eigenvalue weighted by Gasteiger charge is -2.37. The second-order valence-electron chi connectivity index (χ2n) is 3.50. The molecule has 1 fully saturated rings. The molecule has 0 atom stereocenters. The highest BCUT2D eigenvalue weighted by molar-refractivity contribution is 5.01. The van der Waals surface area contributed by atoms with Gasteiger partial charge in [-0.05, 0) is 6.92 Å². The molecule has 2 heterocycles. The van der Waals surface area contributed by atoms with Gasteiger partial charge in [0.1, 0.15) is 12.2 Å². The van der Waals surface area contributed by atoms with Crippen molar-refractivity contribution in [3.05, 3.63) is 12.2 Å². The van der Waals surface area contributed by atoms with E-state index in [0.717, 1.165) is 12.4 Å². The average molecular weight is 182 g/mol. The van der Waals surface area contributed by atoms with Crippen LogP contribution < -0.4 is 5.32 Å². The van der Waals surface area contributed by atoms with Crippen LogP contribution in [-0.4, -0.2) is 38.6 Å². The zero-order chi connectivity index (χ0) is 9.31. The fraction of sp³-hybridized carbons (Fsp3) is 0.750. The molecule has 0 aromatic carbocycles. The maximum Gasteiger partial charge on any atom is 0.138 e. The molecule has 1 saturated heterocycles. The summed E-state index contributed by atoms with van der Waals surface area (Å²) in [5.41, 5.74) is -0.597. The highest BCUT2D eigenvalue weighted by atomic mass is 16.3. The number of nitrogens with one attached hydrogen (secondary N) is 1. The normalized spacial score (nSPS) is 19.8. The van der Waals surface area contributed by atoms with Crippen LogP contribution in [0.3, 0.4) is 0 Å². The summed E-state index contributed by atoms with van der Waals surface area (Å²) in [4.78, 5) is 4.12. The van der Waals surface area contributed by atoms with Gasteiger partial charge in [0, 0.05) is 26.1 Å². The lowest BCUT2D eigenvalue weighted by molar-refractivity contribution is -0.0115. The number of aryl methyl sites for hydroxylation is 1. The number of aromatic nitrogens is 3. The van der Waals surface area contributed by atoms with E-state index in [2.05, 4.69) is 15.4 Å². The second-order valence-corrected chi connectivity index (χ2v) is 3.50. The van der Waals surface area contributed by atoms with Gasteiger partial charge in [-0.2, -0.15) is 5.10 Å². The van der Waals surface area contributed by atoms with Crippen molar-refractivity contribution < 1.29 is 5.11 Å². The Hall–Kier alpha value is -0.940. The van der Waals surface area contributed by atoms with Crippen molar-refractivity contribution in [3.63, 3.8) is 0 Å². The summed E-state index contributed by atoms with van der Waals surface area (Å²) < 4.78 is 1.82. The van der Waals surface area contributed by atoms with E-state index in [4.69, 9.17) is 0 Å². The first-order valence-electron chi connectivity index (χ1n) is 4.53. The zero-order valence-corrected chi connectivity index (χ0v) is 7.69. The van der Waals surface area contributed by atoms with Crippen molar-refractivity contribution in [2.24, 2.45) is 0 Å². The molecule has 1 aliphatic rings. The summed E-state index contributed by atoms with van der Waals surface area (Å²) in [6.07, 6.45) is 2.13. The van der Waals surface area contributed by atoms with E-state index in [9.17, 15) is 5.11 Å². The van der Waals surface area contributed by atoms with E-state index in [1.54, 1.807) is 0 Å². The third-order valence-corrected chi connectivity index (χ3v) is 2.39. The second kappa shape index (κ2) is 3.08. The van der Waals surface area contributed by atoms with Crippen LogP contribution in [-0.2, 0) is 13.0 Å². The van der Waals surface area contributed by atoms with Crippen LogP contribution >= 0.6 is 0 Å². The van der Waals surface area contributed by atoms with Crippen molar-refractivity contribution >= 4 is 0 Å². The molecule has 0 spiro atoms. The monoisotopic (exact) mass is 182 g/mol. The molecular formula is C8H14N4O.